The maximum atomic E-state index is 12.0. The minimum Gasteiger partial charge on any atom is -0.239 e. The summed E-state index contributed by atoms with van der Waals surface area (Å²) in [5, 5.41) is 4.14. The first kappa shape index (κ1) is 12.6. The Labute approximate surface area is 114 Å². The summed E-state index contributed by atoms with van der Waals surface area (Å²) in [5.41, 5.74) is 0.595. The molecule has 0 aliphatic carbocycles. The Kier molecular flexibility index (Phi) is 3.53. The van der Waals surface area contributed by atoms with Crippen molar-refractivity contribution in [3.63, 3.8) is 0 Å². The molecular weight excluding hydrogens is 351 g/mol. The fourth-order valence-electron chi connectivity index (χ4n) is 1.50. The molecule has 1 aromatic heterocycles. The molecule has 0 saturated carbocycles. The maximum absolute atomic E-state index is 12.0. The highest BCUT2D eigenvalue weighted by atomic mass is 127. The zero-order chi connectivity index (χ0) is 12.5. The van der Waals surface area contributed by atoms with Crippen LogP contribution in [0.4, 0.5) is 0 Å². The van der Waals surface area contributed by atoms with Crippen LogP contribution in [0.1, 0.15) is 6.92 Å². The van der Waals surface area contributed by atoms with E-state index < -0.39 is 9.84 Å². The van der Waals surface area contributed by atoms with Crippen LogP contribution < -0.4 is 0 Å². The van der Waals surface area contributed by atoms with Crippen molar-refractivity contribution in [3.05, 3.63) is 40.2 Å². The smallest absolute Gasteiger partial charge is 0.180 e. The molecule has 0 amide bonds. The summed E-state index contributed by atoms with van der Waals surface area (Å²) >= 11 is 2.14. The average Bonchev–Trinajstić information content (AvgIpc) is 2.76. The van der Waals surface area contributed by atoms with Gasteiger partial charge in [-0.2, -0.15) is 5.10 Å². The lowest BCUT2D eigenvalue weighted by atomic mass is 10.3. The number of rotatable bonds is 3. The standard InChI is InChI=1S/C11H11IN2O2S/c1-2-17(15,16)11-6-4-3-5-10(11)14-8-9(12)7-13-14/h3-8H,2H2,1H3. The van der Waals surface area contributed by atoms with E-state index in [0.717, 1.165) is 3.57 Å². The Balaban J connectivity index is 2.64. The molecule has 0 radical (unpaired) electrons. The van der Waals surface area contributed by atoms with E-state index >= 15 is 0 Å². The molecule has 6 heteroatoms. The first-order chi connectivity index (χ1) is 8.04. The van der Waals surface area contributed by atoms with E-state index in [0.29, 0.717) is 10.6 Å². The van der Waals surface area contributed by atoms with Crippen molar-refractivity contribution in [2.75, 3.05) is 5.75 Å². The number of hydrogen-bond acceptors (Lipinski definition) is 3. The quantitative estimate of drug-likeness (QED) is 0.788. The van der Waals surface area contributed by atoms with Crippen LogP contribution in [0.2, 0.25) is 0 Å². The topological polar surface area (TPSA) is 52.0 Å². The second kappa shape index (κ2) is 4.77. The summed E-state index contributed by atoms with van der Waals surface area (Å²) in [7, 11) is -3.23. The number of para-hydroxylation sites is 1. The maximum Gasteiger partial charge on any atom is 0.180 e. The van der Waals surface area contributed by atoms with Gasteiger partial charge in [-0.15, -0.1) is 0 Å². The van der Waals surface area contributed by atoms with Gasteiger partial charge in [-0.25, -0.2) is 13.1 Å². The summed E-state index contributed by atoms with van der Waals surface area (Å²) in [6, 6.07) is 6.90. The van der Waals surface area contributed by atoms with Crippen LogP contribution >= 0.6 is 22.6 Å². The first-order valence-corrected chi connectivity index (χ1v) is 7.80. The number of aromatic nitrogens is 2. The number of halogens is 1. The normalized spacial score (nSPS) is 11.6. The number of benzene rings is 1. The van der Waals surface area contributed by atoms with Crippen LogP contribution in [0.3, 0.4) is 0 Å². The van der Waals surface area contributed by atoms with Crippen molar-refractivity contribution in [2.45, 2.75) is 11.8 Å². The molecule has 2 aromatic rings. The molecule has 0 N–H and O–H groups in total. The average molecular weight is 362 g/mol. The van der Waals surface area contributed by atoms with E-state index in [1.165, 1.54) is 0 Å². The zero-order valence-corrected chi connectivity index (χ0v) is 12.1. The van der Waals surface area contributed by atoms with Crippen molar-refractivity contribution in [1.82, 2.24) is 9.78 Å². The van der Waals surface area contributed by atoms with Crippen LogP contribution in [0, 0.1) is 3.57 Å². The Morgan fingerprint density at radius 2 is 2.06 bits per heavy atom. The summed E-state index contributed by atoms with van der Waals surface area (Å²) < 4.78 is 26.5. The van der Waals surface area contributed by atoms with Gasteiger partial charge in [-0.05, 0) is 34.7 Å². The van der Waals surface area contributed by atoms with Gasteiger partial charge >= 0.3 is 0 Å². The van der Waals surface area contributed by atoms with Gasteiger partial charge in [-0.1, -0.05) is 19.1 Å². The monoisotopic (exact) mass is 362 g/mol. The second-order valence-corrected chi connectivity index (χ2v) is 6.97. The van der Waals surface area contributed by atoms with Crippen LogP contribution in [0.15, 0.2) is 41.6 Å². The van der Waals surface area contributed by atoms with E-state index in [2.05, 4.69) is 27.7 Å². The van der Waals surface area contributed by atoms with Gasteiger partial charge in [-0.3, -0.25) is 0 Å². The Bertz CT molecular complexity index is 634. The SMILES string of the molecule is CCS(=O)(=O)c1ccccc1-n1cc(I)cn1. The predicted molar refractivity (Wildman–Crippen MR) is 74.0 cm³/mol. The first-order valence-electron chi connectivity index (χ1n) is 5.07. The number of nitrogens with zero attached hydrogens (tertiary/aromatic N) is 2. The Morgan fingerprint density at radius 1 is 1.35 bits per heavy atom. The highest BCUT2D eigenvalue weighted by Crippen LogP contribution is 2.21. The zero-order valence-electron chi connectivity index (χ0n) is 9.17. The van der Waals surface area contributed by atoms with Gasteiger partial charge in [0.15, 0.2) is 9.84 Å². The summed E-state index contributed by atoms with van der Waals surface area (Å²) in [4.78, 5) is 0.321. The Morgan fingerprint density at radius 3 is 2.65 bits per heavy atom. The molecule has 1 aromatic carbocycles. The highest BCUT2D eigenvalue weighted by molar-refractivity contribution is 14.1. The lowest BCUT2D eigenvalue weighted by Crippen LogP contribution is -2.09. The third kappa shape index (κ3) is 2.52. The van der Waals surface area contributed by atoms with Crippen LogP contribution in [-0.2, 0) is 9.84 Å². The summed E-state index contributed by atoms with van der Waals surface area (Å²) in [6.45, 7) is 1.64. The number of sulfone groups is 1. The van der Waals surface area contributed by atoms with E-state index in [-0.39, 0.29) is 5.75 Å². The van der Waals surface area contributed by atoms with Crippen molar-refractivity contribution >= 4 is 32.4 Å². The Hall–Kier alpha value is -0.890. The molecule has 1 heterocycles. The molecule has 17 heavy (non-hydrogen) atoms. The largest absolute Gasteiger partial charge is 0.239 e. The molecule has 0 fully saturated rings. The van der Waals surface area contributed by atoms with Crippen LogP contribution in [-0.4, -0.2) is 24.0 Å². The number of hydrogen-bond donors (Lipinski definition) is 0. The highest BCUT2D eigenvalue weighted by Gasteiger charge is 2.17. The van der Waals surface area contributed by atoms with E-state index in [4.69, 9.17) is 0 Å². The van der Waals surface area contributed by atoms with Gasteiger partial charge < -0.3 is 0 Å². The molecule has 0 saturated heterocycles. The van der Waals surface area contributed by atoms with Gasteiger partial charge in [0.25, 0.3) is 0 Å². The van der Waals surface area contributed by atoms with Gasteiger partial charge in [0, 0.05) is 6.20 Å². The van der Waals surface area contributed by atoms with Crippen LogP contribution in [0.5, 0.6) is 0 Å². The van der Waals surface area contributed by atoms with Crippen molar-refractivity contribution in [2.24, 2.45) is 0 Å². The van der Waals surface area contributed by atoms with Crippen molar-refractivity contribution in [1.29, 1.82) is 0 Å². The van der Waals surface area contributed by atoms with Gasteiger partial charge in [0.2, 0.25) is 0 Å². The van der Waals surface area contributed by atoms with E-state index in [9.17, 15) is 8.42 Å². The minimum atomic E-state index is -3.23. The van der Waals surface area contributed by atoms with E-state index in [1.807, 2.05) is 0 Å². The second-order valence-electron chi connectivity index (χ2n) is 3.47. The molecule has 90 valence electrons. The molecule has 0 atom stereocenters. The molecule has 0 aliphatic heterocycles. The minimum absolute atomic E-state index is 0.0857. The van der Waals surface area contributed by atoms with Gasteiger partial charge in [0.05, 0.1) is 26.1 Å². The third-order valence-electron chi connectivity index (χ3n) is 2.38. The van der Waals surface area contributed by atoms with Crippen LogP contribution in [0.25, 0.3) is 5.69 Å². The third-order valence-corrected chi connectivity index (χ3v) is 4.71. The lowest BCUT2D eigenvalue weighted by Gasteiger charge is -2.08. The summed E-state index contributed by atoms with van der Waals surface area (Å²) in [6.07, 6.45) is 3.49. The lowest BCUT2D eigenvalue weighted by molar-refractivity contribution is 0.596. The molecule has 0 unspecified atom stereocenters. The predicted octanol–water partition coefficient (Wildman–Crippen LogP) is 2.27. The van der Waals surface area contributed by atoms with Crippen molar-refractivity contribution in [3.8, 4) is 5.69 Å². The van der Waals surface area contributed by atoms with Crippen molar-refractivity contribution < 1.29 is 8.42 Å². The fourth-order valence-corrected chi connectivity index (χ4v) is 2.96. The van der Waals surface area contributed by atoms with Gasteiger partial charge in [0.1, 0.15) is 0 Å². The molecule has 2 rings (SSSR count). The molecular formula is C11H11IN2O2S. The fraction of sp³-hybridized carbons (Fsp3) is 0.182. The van der Waals surface area contributed by atoms with E-state index in [1.54, 1.807) is 48.3 Å². The molecule has 0 aliphatic rings. The molecule has 0 bridgehead atoms. The summed E-state index contributed by atoms with van der Waals surface area (Å²) in [5.74, 6) is 0.0857. The molecule has 0 spiro atoms. The molecule has 4 nitrogen and oxygen atoms in total.